The van der Waals surface area contributed by atoms with Gasteiger partial charge >= 0.3 is 5.69 Å². The number of hydrogen-bond donors (Lipinski definition) is 15. The highest BCUT2D eigenvalue weighted by Crippen LogP contribution is 2.24. The Morgan fingerprint density at radius 1 is 0.520 bits per heavy atom. The minimum atomic E-state index is -1.66. The number of aliphatic imine (C=N–C) groups is 1. The predicted molar refractivity (Wildman–Crippen MR) is 367 cm³/mol. The average molecular weight is 1390 g/mol. The molecular formula is C67H97N20O13+. The number of benzene rings is 3. The fraction of sp³-hybridized carbons (Fsp3) is 0.522. The van der Waals surface area contributed by atoms with E-state index in [1.165, 1.54) is 21.9 Å². The topological polar surface area (TPSA) is 547 Å². The first-order valence-electron chi connectivity index (χ1n) is 33.6. The normalized spacial score (nSPS) is 16.4. The molecule has 22 N–H and O–H groups in total. The van der Waals surface area contributed by atoms with Crippen molar-refractivity contribution in [2.75, 3.05) is 32.7 Å². The lowest BCUT2D eigenvalue weighted by Crippen LogP contribution is -2.60. The highest BCUT2D eigenvalue weighted by atomic mass is 16.2. The van der Waals surface area contributed by atoms with Gasteiger partial charge < -0.3 is 92.5 Å². The Balaban J connectivity index is 1.33. The standard InChI is InChI=1S/C67H96N20O13/c1-39(2)34-49(61(95)82-48(57(72)91)35-42-22-24-43(85-75)25-23-42)78-56(90)38-77-58(92)50(36-40-14-5-3-6-15-40)83-62(96)51(37-41-16-7-4-8-17-41)84-60(94)45(26-28-54(70)88)79-59(93)46(27-29-55(71)89)80-63(97)53-21-13-33-87(53)66(100)47(19-9-10-30-68)81-64(98)52-20-12-32-86(52)65(99)44(69)18-11-31-76-67(73)74/h3-8,14-17,22-25,39,44-53H,9-13,18-21,26-38,68-69H2,1-2H3,(H17-,70,71,72,73,74,76,77,78,79,80,81,82,83,84,88,89,90,91,92,93,94,95,96,97,98)/p+1/t44-,45-,46-,47-,48-,49-,50-,51-,52-,53-/m0/s1. The molecule has 0 spiro atoms. The summed E-state index contributed by atoms with van der Waals surface area (Å²) >= 11 is 0. The van der Waals surface area contributed by atoms with Crippen LogP contribution in [0.3, 0.4) is 0 Å². The van der Waals surface area contributed by atoms with E-state index < -0.39 is 169 Å². The Hall–Kier alpha value is -10.6. The number of nitrogens with zero attached hydrogens (tertiary/aromatic N) is 5. The summed E-state index contributed by atoms with van der Waals surface area (Å²) in [6, 6.07) is 10.1. The number of diazo groups is 1. The number of guanidine groups is 1. The van der Waals surface area contributed by atoms with Crippen LogP contribution >= 0.6 is 0 Å². The van der Waals surface area contributed by atoms with E-state index in [2.05, 4.69) is 52.5 Å². The summed E-state index contributed by atoms with van der Waals surface area (Å²) in [5.41, 5.74) is 41.6. The Labute approximate surface area is 580 Å². The minimum absolute atomic E-state index is 0.0292. The van der Waals surface area contributed by atoms with E-state index in [0.717, 1.165) is 0 Å². The Morgan fingerprint density at radius 2 is 0.980 bits per heavy atom. The van der Waals surface area contributed by atoms with Crippen LogP contribution in [0.1, 0.15) is 120 Å². The van der Waals surface area contributed by atoms with Crippen molar-refractivity contribution in [3.8, 4) is 0 Å². The van der Waals surface area contributed by atoms with Crippen LogP contribution in [-0.2, 0) is 81.6 Å². The van der Waals surface area contributed by atoms with Gasteiger partial charge in [0.15, 0.2) is 10.9 Å². The molecule has 5 rings (SSSR count). The first-order valence-corrected chi connectivity index (χ1v) is 33.6. The number of nitrogens with one attached hydrogen (secondary N) is 8. The van der Waals surface area contributed by atoms with E-state index in [-0.39, 0.29) is 88.7 Å². The van der Waals surface area contributed by atoms with Crippen LogP contribution in [0.25, 0.3) is 4.98 Å². The molecule has 100 heavy (non-hydrogen) atoms. The van der Waals surface area contributed by atoms with Crippen molar-refractivity contribution in [1.29, 1.82) is 5.39 Å². The summed E-state index contributed by atoms with van der Waals surface area (Å²) in [6.07, 6.45) is 0.786. The van der Waals surface area contributed by atoms with E-state index in [9.17, 15) is 62.3 Å². The highest BCUT2D eigenvalue weighted by Gasteiger charge is 2.42. The van der Waals surface area contributed by atoms with Crippen molar-refractivity contribution in [2.45, 2.75) is 183 Å². The first-order chi connectivity index (χ1) is 47.7. The molecule has 2 fully saturated rings. The molecule has 0 bridgehead atoms. The molecule has 2 aliphatic rings. The second-order valence-electron chi connectivity index (χ2n) is 25.3. The third kappa shape index (κ3) is 26.7. The van der Waals surface area contributed by atoms with Gasteiger partial charge in [0.25, 0.3) is 0 Å². The fourth-order valence-corrected chi connectivity index (χ4v) is 11.7. The lowest BCUT2D eigenvalue weighted by Gasteiger charge is -2.32. The van der Waals surface area contributed by atoms with Crippen molar-refractivity contribution in [1.82, 2.24) is 52.3 Å². The van der Waals surface area contributed by atoms with E-state index in [1.54, 1.807) is 86.6 Å². The van der Waals surface area contributed by atoms with Crippen molar-refractivity contribution < 1.29 is 62.3 Å². The van der Waals surface area contributed by atoms with E-state index >= 15 is 0 Å². The van der Waals surface area contributed by atoms with E-state index in [0.29, 0.717) is 55.2 Å². The monoisotopic (exact) mass is 1390 g/mol. The van der Waals surface area contributed by atoms with Crippen LogP contribution in [0.15, 0.2) is 89.9 Å². The summed E-state index contributed by atoms with van der Waals surface area (Å²) in [5, 5.41) is 30.1. The van der Waals surface area contributed by atoms with Crippen LogP contribution in [-0.4, -0.2) is 186 Å². The summed E-state index contributed by atoms with van der Waals surface area (Å²) < 4.78 is 0. The van der Waals surface area contributed by atoms with Gasteiger partial charge in [-0.3, -0.25) is 67.3 Å². The summed E-state index contributed by atoms with van der Waals surface area (Å²) in [7, 11) is 0. The molecule has 33 heteroatoms. The third-order valence-electron chi connectivity index (χ3n) is 16.9. The second kappa shape index (κ2) is 40.9. The molecule has 13 amide bonds. The SMILES string of the molecule is CC(C)C[C@H](NC(=O)CNC(=O)[C@H](Cc1ccccc1)NC(=O)[C@H](Cc1ccccc1)NC(=O)[C@H](CCC(N)=O)NC(=O)[C@H](CCC(N)=O)NC(=O)[C@@H]1CCCN1C(=O)[C@H](CCCCN)NC(=O)[C@@H]1CCCN1C(=O)[C@@H](N)CCCN=C(N)N)C(=O)N[C@@H](Cc1ccc([N+]#N)cc1)C(N)=O. The second-order valence-corrected chi connectivity index (χ2v) is 25.3. The fourth-order valence-electron chi connectivity index (χ4n) is 11.7. The number of primary amides is 3. The number of unbranched alkanes of at least 4 members (excludes halogenated alkanes) is 1. The number of hydrogen-bond acceptors (Lipinski definition) is 17. The molecule has 2 heterocycles. The number of amides is 13. The van der Waals surface area contributed by atoms with E-state index in [4.69, 9.17) is 45.5 Å². The molecule has 2 aliphatic heterocycles. The molecule has 2 saturated heterocycles. The van der Waals surface area contributed by atoms with Crippen molar-refractivity contribution in [3.63, 3.8) is 0 Å². The van der Waals surface area contributed by atoms with Crippen LogP contribution in [0.5, 0.6) is 0 Å². The Morgan fingerprint density at radius 3 is 1.48 bits per heavy atom. The maximum atomic E-state index is 14.7. The molecular weight excluding hydrogens is 1290 g/mol. The van der Waals surface area contributed by atoms with Crippen LogP contribution < -0.4 is 82.7 Å². The minimum Gasteiger partial charge on any atom is -0.370 e. The van der Waals surface area contributed by atoms with Crippen LogP contribution in [0, 0.1) is 11.3 Å². The summed E-state index contributed by atoms with van der Waals surface area (Å²) in [6.45, 7) is 3.74. The molecule has 0 aliphatic carbocycles. The maximum Gasteiger partial charge on any atom is 0.385 e. The van der Waals surface area contributed by atoms with Gasteiger partial charge in [-0.1, -0.05) is 86.6 Å². The summed E-state index contributed by atoms with van der Waals surface area (Å²) in [4.78, 5) is 189. The molecule has 33 nitrogen and oxygen atoms in total. The Kier molecular flexibility index (Phi) is 32.8. The van der Waals surface area contributed by atoms with Crippen molar-refractivity contribution in [3.05, 3.63) is 107 Å². The third-order valence-corrected chi connectivity index (χ3v) is 16.9. The van der Waals surface area contributed by atoms with Gasteiger partial charge in [-0.2, -0.15) is 0 Å². The van der Waals surface area contributed by atoms with Gasteiger partial charge in [0.05, 0.1) is 12.6 Å². The number of carbonyl (C=O) groups is 13. The summed E-state index contributed by atoms with van der Waals surface area (Å²) in [5.74, 6) is -10.8. The van der Waals surface area contributed by atoms with Crippen molar-refractivity contribution >= 4 is 88.4 Å². The molecule has 0 radical (unpaired) electrons. The number of nitrogens with two attached hydrogens (primary N) is 7. The van der Waals surface area contributed by atoms with Crippen molar-refractivity contribution in [2.24, 2.45) is 51.0 Å². The number of carbonyl (C=O) groups excluding carboxylic acids is 13. The largest absolute Gasteiger partial charge is 0.385 e. The lowest BCUT2D eigenvalue weighted by molar-refractivity contribution is -0.144. The first kappa shape index (κ1) is 80.1. The molecule has 3 aromatic carbocycles. The van der Waals surface area contributed by atoms with Gasteiger partial charge in [0.1, 0.15) is 54.4 Å². The number of likely N-dealkylation sites (tertiary alicyclic amines) is 2. The molecule has 3 aromatic rings. The lowest BCUT2D eigenvalue weighted by atomic mass is 10.0. The van der Waals surface area contributed by atoms with Crippen LogP contribution in [0.4, 0.5) is 5.69 Å². The van der Waals surface area contributed by atoms with Gasteiger partial charge in [0.2, 0.25) is 82.2 Å². The smallest absolute Gasteiger partial charge is 0.370 e. The van der Waals surface area contributed by atoms with Gasteiger partial charge in [-0.15, -0.1) is 0 Å². The van der Waals surface area contributed by atoms with E-state index in [1.807, 2.05) is 0 Å². The van der Waals surface area contributed by atoms with Gasteiger partial charge in [-0.25, -0.2) is 0 Å². The Bertz CT molecular complexity index is 3390. The zero-order valence-corrected chi connectivity index (χ0v) is 56.6. The zero-order chi connectivity index (χ0) is 73.4. The van der Waals surface area contributed by atoms with Gasteiger partial charge in [0, 0.05) is 63.9 Å². The quantitative estimate of drug-likeness (QED) is 0.0119. The average Bonchev–Trinajstić information content (AvgIpc) is 1.52. The van der Waals surface area contributed by atoms with Crippen LogP contribution in [0.2, 0.25) is 0 Å². The molecule has 10 atom stereocenters. The molecule has 0 unspecified atom stereocenters. The molecule has 0 saturated carbocycles. The molecule has 0 aromatic heterocycles. The maximum absolute atomic E-state index is 14.7. The zero-order valence-electron chi connectivity index (χ0n) is 56.6. The highest BCUT2D eigenvalue weighted by molar-refractivity contribution is 5.99. The van der Waals surface area contributed by atoms with Gasteiger partial charge in [-0.05, 0) is 106 Å². The predicted octanol–water partition coefficient (Wildman–Crippen LogP) is -2.74. The number of rotatable bonds is 41. The molecule has 542 valence electrons.